The molecule has 0 atom stereocenters. The first-order chi connectivity index (χ1) is 9.35. The Bertz CT molecular complexity index is 671. The van der Waals surface area contributed by atoms with Crippen LogP contribution in [0.5, 0.6) is 5.75 Å². The maximum absolute atomic E-state index is 9.03. The van der Waals surface area contributed by atoms with Gasteiger partial charge >= 0.3 is 0 Å². The SMILES string of the molecule is OCc1cc2ccc(OCc3ccccc3)cc2o1. The fourth-order valence-electron chi connectivity index (χ4n) is 1.98. The Labute approximate surface area is 111 Å². The molecule has 1 N–H and O–H groups in total. The first-order valence-corrected chi connectivity index (χ1v) is 6.15. The quantitative estimate of drug-likeness (QED) is 0.774. The summed E-state index contributed by atoms with van der Waals surface area (Å²) in [6, 6.07) is 17.5. The van der Waals surface area contributed by atoms with Crippen LogP contribution in [0.4, 0.5) is 0 Å². The molecule has 0 unspecified atom stereocenters. The van der Waals surface area contributed by atoms with Crippen molar-refractivity contribution in [3.8, 4) is 5.75 Å². The van der Waals surface area contributed by atoms with Crippen LogP contribution in [-0.4, -0.2) is 5.11 Å². The number of benzene rings is 2. The lowest BCUT2D eigenvalue weighted by Gasteiger charge is -2.05. The van der Waals surface area contributed by atoms with E-state index in [4.69, 9.17) is 14.3 Å². The van der Waals surface area contributed by atoms with Gasteiger partial charge in [-0.2, -0.15) is 0 Å². The second-order valence-corrected chi connectivity index (χ2v) is 4.34. The lowest BCUT2D eigenvalue weighted by Crippen LogP contribution is -1.94. The minimum Gasteiger partial charge on any atom is -0.489 e. The molecule has 1 heterocycles. The molecule has 0 saturated carbocycles. The minimum absolute atomic E-state index is 0.0884. The number of aliphatic hydroxyl groups excluding tert-OH is 1. The topological polar surface area (TPSA) is 42.6 Å². The largest absolute Gasteiger partial charge is 0.489 e. The van der Waals surface area contributed by atoms with E-state index >= 15 is 0 Å². The summed E-state index contributed by atoms with van der Waals surface area (Å²) in [7, 11) is 0. The maximum Gasteiger partial charge on any atom is 0.138 e. The fraction of sp³-hybridized carbons (Fsp3) is 0.125. The molecule has 3 heteroatoms. The van der Waals surface area contributed by atoms with Gasteiger partial charge in [0.2, 0.25) is 0 Å². The molecule has 3 nitrogen and oxygen atoms in total. The molecule has 0 amide bonds. The Balaban J connectivity index is 1.78. The zero-order chi connectivity index (χ0) is 13.1. The average molecular weight is 254 g/mol. The van der Waals surface area contributed by atoms with E-state index < -0.39 is 0 Å². The van der Waals surface area contributed by atoms with Gasteiger partial charge in [0.1, 0.15) is 30.3 Å². The highest BCUT2D eigenvalue weighted by molar-refractivity contribution is 5.79. The van der Waals surface area contributed by atoms with Gasteiger partial charge in [-0.05, 0) is 23.8 Å². The molecule has 2 aromatic carbocycles. The van der Waals surface area contributed by atoms with E-state index in [9.17, 15) is 0 Å². The first kappa shape index (κ1) is 11.8. The second kappa shape index (κ2) is 5.16. The lowest BCUT2D eigenvalue weighted by atomic mass is 10.2. The predicted molar refractivity (Wildman–Crippen MR) is 72.9 cm³/mol. The third kappa shape index (κ3) is 2.61. The van der Waals surface area contributed by atoms with Gasteiger partial charge in [0.05, 0.1) is 0 Å². The summed E-state index contributed by atoms with van der Waals surface area (Å²) in [6.45, 7) is 0.439. The normalized spacial score (nSPS) is 10.8. The van der Waals surface area contributed by atoms with Gasteiger partial charge in [-0.3, -0.25) is 0 Å². The van der Waals surface area contributed by atoms with Gasteiger partial charge in [0.25, 0.3) is 0 Å². The summed E-state index contributed by atoms with van der Waals surface area (Å²) in [5, 5.41) is 10.0. The molecule has 0 aliphatic carbocycles. The van der Waals surface area contributed by atoms with Crippen molar-refractivity contribution in [2.24, 2.45) is 0 Å². The van der Waals surface area contributed by atoms with Crippen molar-refractivity contribution in [2.45, 2.75) is 13.2 Å². The molecule has 0 aliphatic heterocycles. The molecule has 0 bridgehead atoms. The summed E-state index contributed by atoms with van der Waals surface area (Å²) in [6.07, 6.45) is 0. The van der Waals surface area contributed by atoms with Gasteiger partial charge in [-0.15, -0.1) is 0 Å². The Morgan fingerprint density at radius 3 is 2.63 bits per heavy atom. The van der Waals surface area contributed by atoms with Crippen molar-refractivity contribution in [1.82, 2.24) is 0 Å². The molecule has 19 heavy (non-hydrogen) atoms. The molecule has 1 aromatic heterocycles. The van der Waals surface area contributed by atoms with Crippen molar-refractivity contribution >= 4 is 11.0 Å². The fourth-order valence-corrected chi connectivity index (χ4v) is 1.98. The van der Waals surface area contributed by atoms with Gasteiger partial charge in [-0.25, -0.2) is 0 Å². The van der Waals surface area contributed by atoms with E-state index in [0.717, 1.165) is 22.3 Å². The molecule has 0 radical (unpaired) electrons. The number of aliphatic hydroxyl groups is 1. The van der Waals surface area contributed by atoms with Gasteiger partial charge < -0.3 is 14.3 Å². The predicted octanol–water partition coefficient (Wildman–Crippen LogP) is 3.50. The van der Waals surface area contributed by atoms with Crippen molar-refractivity contribution in [1.29, 1.82) is 0 Å². The van der Waals surface area contributed by atoms with Crippen LogP contribution in [0.25, 0.3) is 11.0 Å². The standard InChI is InChI=1S/C16H14O3/c17-10-15-8-13-6-7-14(9-16(13)19-15)18-11-12-4-2-1-3-5-12/h1-9,17H,10-11H2. The Morgan fingerprint density at radius 1 is 1.00 bits per heavy atom. The van der Waals surface area contributed by atoms with E-state index in [-0.39, 0.29) is 6.61 Å². The van der Waals surface area contributed by atoms with Crippen LogP contribution in [0.15, 0.2) is 59.0 Å². The van der Waals surface area contributed by atoms with Crippen LogP contribution in [0.1, 0.15) is 11.3 Å². The molecular weight excluding hydrogens is 240 g/mol. The van der Waals surface area contributed by atoms with Crippen LogP contribution in [0.3, 0.4) is 0 Å². The van der Waals surface area contributed by atoms with Crippen LogP contribution < -0.4 is 4.74 Å². The van der Waals surface area contributed by atoms with E-state index in [1.807, 2.05) is 54.6 Å². The summed E-state index contributed by atoms with van der Waals surface area (Å²) in [4.78, 5) is 0. The summed E-state index contributed by atoms with van der Waals surface area (Å²) < 4.78 is 11.2. The summed E-state index contributed by atoms with van der Waals surface area (Å²) in [5.41, 5.74) is 1.85. The van der Waals surface area contributed by atoms with Crippen molar-refractivity contribution < 1.29 is 14.3 Å². The number of hydrogen-bond acceptors (Lipinski definition) is 3. The molecule has 3 rings (SSSR count). The minimum atomic E-state index is -0.0884. The molecular formula is C16H14O3. The number of ether oxygens (including phenoxy) is 1. The smallest absolute Gasteiger partial charge is 0.138 e. The third-order valence-corrected chi connectivity index (χ3v) is 2.95. The number of fused-ring (bicyclic) bond motifs is 1. The summed E-state index contributed by atoms with van der Waals surface area (Å²) in [5.74, 6) is 1.32. The van der Waals surface area contributed by atoms with Crippen LogP contribution in [0, 0.1) is 0 Å². The molecule has 0 aliphatic rings. The van der Waals surface area contributed by atoms with E-state index in [1.54, 1.807) is 0 Å². The Kier molecular flexibility index (Phi) is 3.21. The lowest BCUT2D eigenvalue weighted by molar-refractivity contribution is 0.251. The molecule has 0 saturated heterocycles. The Morgan fingerprint density at radius 2 is 1.84 bits per heavy atom. The zero-order valence-corrected chi connectivity index (χ0v) is 10.4. The molecule has 0 spiro atoms. The van der Waals surface area contributed by atoms with Gasteiger partial charge in [0, 0.05) is 11.5 Å². The number of hydrogen-bond donors (Lipinski definition) is 1. The second-order valence-electron chi connectivity index (χ2n) is 4.34. The van der Waals surface area contributed by atoms with E-state index in [2.05, 4.69) is 0 Å². The molecule has 96 valence electrons. The average Bonchev–Trinajstić information content (AvgIpc) is 2.88. The van der Waals surface area contributed by atoms with Crippen molar-refractivity contribution in [3.63, 3.8) is 0 Å². The van der Waals surface area contributed by atoms with Gasteiger partial charge in [-0.1, -0.05) is 30.3 Å². The van der Waals surface area contributed by atoms with Gasteiger partial charge in [0.15, 0.2) is 0 Å². The van der Waals surface area contributed by atoms with Crippen molar-refractivity contribution in [3.05, 3.63) is 65.9 Å². The van der Waals surface area contributed by atoms with Crippen LogP contribution in [-0.2, 0) is 13.2 Å². The highest BCUT2D eigenvalue weighted by Crippen LogP contribution is 2.24. The first-order valence-electron chi connectivity index (χ1n) is 6.15. The Hall–Kier alpha value is -2.26. The van der Waals surface area contributed by atoms with Crippen LogP contribution in [0.2, 0.25) is 0 Å². The van der Waals surface area contributed by atoms with Crippen LogP contribution >= 0.6 is 0 Å². The zero-order valence-electron chi connectivity index (χ0n) is 10.4. The highest BCUT2D eigenvalue weighted by Gasteiger charge is 2.04. The highest BCUT2D eigenvalue weighted by atomic mass is 16.5. The van der Waals surface area contributed by atoms with E-state index in [1.165, 1.54) is 0 Å². The molecule has 3 aromatic rings. The molecule has 0 fully saturated rings. The van der Waals surface area contributed by atoms with E-state index in [0.29, 0.717) is 12.4 Å². The number of furan rings is 1. The number of rotatable bonds is 4. The maximum atomic E-state index is 9.03. The monoisotopic (exact) mass is 254 g/mol. The third-order valence-electron chi connectivity index (χ3n) is 2.95. The summed E-state index contributed by atoms with van der Waals surface area (Å²) >= 11 is 0. The van der Waals surface area contributed by atoms with Crippen molar-refractivity contribution in [2.75, 3.05) is 0 Å².